The number of hydrogen-bond donors (Lipinski definition) is 6. The van der Waals surface area contributed by atoms with Crippen molar-refractivity contribution in [2.45, 2.75) is 93.8 Å². The summed E-state index contributed by atoms with van der Waals surface area (Å²) in [7, 11) is -3.42. The van der Waals surface area contributed by atoms with Gasteiger partial charge < -0.3 is 4.74 Å². The summed E-state index contributed by atoms with van der Waals surface area (Å²) >= 11 is 0. The smallest absolute Gasteiger partial charge is 0.211 e. The molecule has 162 valence electrons. The van der Waals surface area contributed by atoms with Crippen molar-refractivity contribution < 1.29 is 13.2 Å². The Bertz CT molecular complexity index is 606. The third-order valence-electron chi connectivity index (χ3n) is 6.80. The van der Waals surface area contributed by atoms with Crippen LogP contribution in [-0.4, -0.2) is 57.7 Å². The lowest BCUT2D eigenvalue weighted by Gasteiger charge is -2.42. The van der Waals surface area contributed by atoms with Crippen LogP contribution in [0.5, 0.6) is 0 Å². The summed E-state index contributed by atoms with van der Waals surface area (Å²) in [4.78, 5) is 0. The van der Waals surface area contributed by atoms with Crippen LogP contribution < -0.4 is 31.7 Å². The molecule has 0 aromatic rings. The summed E-state index contributed by atoms with van der Waals surface area (Å²) in [5.74, 6) is 0.679. The van der Waals surface area contributed by atoms with E-state index in [1.807, 2.05) is 0 Å². The standard InChI is InChI=1S/C18H36N6O3S/c19-28(25,26)14-8-6-13(7-9-14)22-18-23-16-15(20-11-21-16)17(24-18)27-10-12-4-2-1-3-5-12/h12-18,20-24H,1-11H2,(H2,19,25,26). The topological polar surface area (TPSA) is 130 Å². The van der Waals surface area contributed by atoms with Gasteiger partial charge in [0.05, 0.1) is 24.1 Å². The molecule has 2 heterocycles. The molecule has 2 aliphatic carbocycles. The minimum Gasteiger partial charge on any atom is -0.361 e. The second kappa shape index (κ2) is 9.22. The summed E-state index contributed by atoms with van der Waals surface area (Å²) < 4.78 is 29.4. The molecule has 4 unspecified atom stereocenters. The molecule has 2 saturated carbocycles. The molecule has 0 amide bonds. The fourth-order valence-electron chi connectivity index (χ4n) is 5.11. The Morgan fingerprint density at radius 1 is 0.964 bits per heavy atom. The molecule has 0 bridgehead atoms. The molecule has 9 nitrogen and oxygen atoms in total. The number of ether oxygens (including phenoxy) is 1. The molecule has 7 N–H and O–H groups in total. The molecule has 0 radical (unpaired) electrons. The van der Waals surface area contributed by atoms with Gasteiger partial charge in [0.25, 0.3) is 0 Å². The summed E-state index contributed by atoms with van der Waals surface area (Å²) in [6, 6.07) is 0.465. The molecule has 4 rings (SSSR count). The van der Waals surface area contributed by atoms with Gasteiger partial charge in [-0.3, -0.25) is 26.6 Å². The highest BCUT2D eigenvalue weighted by atomic mass is 32.2. The Kier molecular flexibility index (Phi) is 6.89. The molecule has 10 heteroatoms. The van der Waals surface area contributed by atoms with E-state index in [0.29, 0.717) is 18.8 Å². The highest BCUT2D eigenvalue weighted by Gasteiger charge is 2.41. The van der Waals surface area contributed by atoms with Crippen LogP contribution in [0.1, 0.15) is 57.8 Å². The largest absolute Gasteiger partial charge is 0.361 e. The molecule has 4 atom stereocenters. The molecule has 28 heavy (non-hydrogen) atoms. The van der Waals surface area contributed by atoms with E-state index in [-0.39, 0.29) is 30.8 Å². The van der Waals surface area contributed by atoms with Crippen LogP contribution in [0.25, 0.3) is 0 Å². The van der Waals surface area contributed by atoms with Crippen molar-refractivity contribution in [3.05, 3.63) is 0 Å². The first kappa shape index (κ1) is 20.9. The SMILES string of the molecule is NS(=O)(=O)C1CCC(NC2NC3NCNC3C(OCC3CCCCC3)N2)CC1. The highest BCUT2D eigenvalue weighted by Crippen LogP contribution is 2.25. The predicted molar refractivity (Wildman–Crippen MR) is 107 cm³/mol. The average Bonchev–Trinajstić information content (AvgIpc) is 3.15. The first-order valence-corrected chi connectivity index (χ1v) is 12.5. The van der Waals surface area contributed by atoms with Crippen LogP contribution in [0.2, 0.25) is 0 Å². The zero-order valence-electron chi connectivity index (χ0n) is 16.5. The molecule has 0 spiro atoms. The number of primary sulfonamides is 1. The molecular formula is C18H36N6O3S. The van der Waals surface area contributed by atoms with E-state index in [1.165, 1.54) is 32.1 Å². The Balaban J connectivity index is 1.28. The lowest BCUT2D eigenvalue weighted by atomic mass is 9.90. The molecule has 2 saturated heterocycles. The van der Waals surface area contributed by atoms with Gasteiger partial charge in [-0.2, -0.15) is 0 Å². The van der Waals surface area contributed by atoms with Crippen LogP contribution in [0.15, 0.2) is 0 Å². The van der Waals surface area contributed by atoms with Gasteiger partial charge in [-0.1, -0.05) is 19.3 Å². The summed E-state index contributed by atoms with van der Waals surface area (Å²) in [5, 5.41) is 22.6. The van der Waals surface area contributed by atoms with E-state index >= 15 is 0 Å². The van der Waals surface area contributed by atoms with Gasteiger partial charge in [-0.05, 0) is 44.4 Å². The fourth-order valence-corrected chi connectivity index (χ4v) is 6.04. The van der Waals surface area contributed by atoms with Gasteiger partial charge >= 0.3 is 0 Å². The first-order valence-electron chi connectivity index (χ1n) is 10.9. The third-order valence-corrected chi connectivity index (χ3v) is 8.20. The Labute approximate surface area is 168 Å². The lowest BCUT2D eigenvalue weighted by molar-refractivity contribution is -0.0540. The third kappa shape index (κ3) is 5.23. The molecule has 4 fully saturated rings. The predicted octanol–water partition coefficient (Wildman–Crippen LogP) is -0.580. The van der Waals surface area contributed by atoms with Gasteiger partial charge in [-0.25, -0.2) is 13.6 Å². The molecular weight excluding hydrogens is 380 g/mol. The second-order valence-electron chi connectivity index (χ2n) is 8.84. The molecule has 4 aliphatic rings. The maximum atomic E-state index is 11.6. The minimum atomic E-state index is -3.42. The summed E-state index contributed by atoms with van der Waals surface area (Å²) in [5.41, 5.74) is 0. The van der Waals surface area contributed by atoms with Crippen LogP contribution in [0.3, 0.4) is 0 Å². The zero-order valence-corrected chi connectivity index (χ0v) is 17.3. The Morgan fingerprint density at radius 2 is 1.71 bits per heavy atom. The number of nitrogens with one attached hydrogen (secondary N) is 5. The van der Waals surface area contributed by atoms with Crippen molar-refractivity contribution in [2.24, 2.45) is 11.1 Å². The van der Waals surface area contributed by atoms with Crippen LogP contribution in [0, 0.1) is 5.92 Å². The van der Waals surface area contributed by atoms with Gasteiger partial charge in [0.15, 0.2) is 0 Å². The van der Waals surface area contributed by atoms with Crippen molar-refractivity contribution in [3.63, 3.8) is 0 Å². The average molecular weight is 417 g/mol. The van der Waals surface area contributed by atoms with Crippen molar-refractivity contribution in [3.8, 4) is 0 Å². The van der Waals surface area contributed by atoms with Crippen molar-refractivity contribution >= 4 is 10.0 Å². The zero-order chi connectivity index (χ0) is 19.6. The maximum Gasteiger partial charge on any atom is 0.211 e. The number of sulfonamides is 1. The van der Waals surface area contributed by atoms with E-state index in [0.717, 1.165) is 26.1 Å². The van der Waals surface area contributed by atoms with Crippen LogP contribution in [-0.2, 0) is 14.8 Å². The van der Waals surface area contributed by atoms with Gasteiger partial charge in [-0.15, -0.1) is 0 Å². The van der Waals surface area contributed by atoms with Crippen LogP contribution in [0.4, 0.5) is 0 Å². The number of rotatable bonds is 6. The monoisotopic (exact) mass is 416 g/mol. The molecule has 0 aromatic heterocycles. The quantitative estimate of drug-likeness (QED) is 0.339. The van der Waals surface area contributed by atoms with Gasteiger partial charge in [0.2, 0.25) is 10.0 Å². The van der Waals surface area contributed by atoms with E-state index in [2.05, 4.69) is 26.6 Å². The minimum absolute atomic E-state index is 0.0542. The van der Waals surface area contributed by atoms with Crippen LogP contribution >= 0.6 is 0 Å². The van der Waals surface area contributed by atoms with Crippen molar-refractivity contribution in [2.75, 3.05) is 13.3 Å². The van der Waals surface area contributed by atoms with Crippen molar-refractivity contribution in [1.29, 1.82) is 0 Å². The molecule has 2 aliphatic heterocycles. The highest BCUT2D eigenvalue weighted by molar-refractivity contribution is 7.89. The van der Waals surface area contributed by atoms with E-state index < -0.39 is 15.3 Å². The van der Waals surface area contributed by atoms with Gasteiger partial charge in [0, 0.05) is 12.7 Å². The fraction of sp³-hybridized carbons (Fsp3) is 1.00. The summed E-state index contributed by atoms with van der Waals surface area (Å²) in [6.07, 6.45) is 9.46. The number of nitrogens with two attached hydrogens (primary N) is 1. The lowest BCUT2D eigenvalue weighted by Crippen LogP contribution is -2.73. The second-order valence-corrected chi connectivity index (χ2v) is 10.7. The normalized spacial score (nSPS) is 40.3. The van der Waals surface area contributed by atoms with E-state index in [9.17, 15) is 8.42 Å². The summed E-state index contributed by atoms with van der Waals surface area (Å²) in [6.45, 7) is 1.58. The van der Waals surface area contributed by atoms with E-state index in [1.54, 1.807) is 0 Å². The molecule has 0 aromatic carbocycles. The van der Waals surface area contributed by atoms with Crippen molar-refractivity contribution in [1.82, 2.24) is 26.6 Å². The number of hydrogen-bond acceptors (Lipinski definition) is 8. The Hall–Kier alpha value is -0.330. The maximum absolute atomic E-state index is 11.6. The van der Waals surface area contributed by atoms with E-state index in [4.69, 9.17) is 9.88 Å². The van der Waals surface area contributed by atoms with Gasteiger partial charge in [0.1, 0.15) is 12.5 Å². The Morgan fingerprint density at radius 3 is 2.43 bits per heavy atom. The number of fused-ring (bicyclic) bond motifs is 1. The first-order chi connectivity index (χ1) is 13.5.